The van der Waals surface area contributed by atoms with Crippen molar-refractivity contribution in [2.24, 2.45) is 11.8 Å². The number of phenols is 1. The van der Waals surface area contributed by atoms with Crippen molar-refractivity contribution < 1.29 is 9.84 Å². The van der Waals surface area contributed by atoms with Crippen molar-refractivity contribution in [1.82, 2.24) is 14.7 Å². The molecule has 4 aliphatic rings. The van der Waals surface area contributed by atoms with E-state index in [0.717, 1.165) is 35.2 Å². The van der Waals surface area contributed by atoms with Crippen LogP contribution in [0.5, 0.6) is 11.6 Å². The molecule has 1 N–H and O–H groups in total. The van der Waals surface area contributed by atoms with Crippen LogP contribution in [-0.2, 0) is 6.54 Å². The third kappa shape index (κ3) is 3.11. The number of fused-ring (bicyclic) bond motifs is 3. The zero-order valence-electron chi connectivity index (χ0n) is 15.7. The number of methoxy groups -OCH3 is 1. The number of nitrogens with zero attached hydrogens (tertiary/aromatic N) is 3. The van der Waals surface area contributed by atoms with Gasteiger partial charge in [-0.2, -0.15) is 5.10 Å². The van der Waals surface area contributed by atoms with E-state index >= 15 is 0 Å². The molecule has 4 fully saturated rings. The molecule has 1 saturated carbocycles. The Balaban J connectivity index is 1.53. The minimum atomic E-state index is 0.104. The molecule has 6 rings (SSSR count). The molecule has 6 heteroatoms. The fraction of sp³-hybridized carbons (Fsp3) is 0.571. The Morgan fingerprint density at radius 2 is 2.00 bits per heavy atom. The Morgan fingerprint density at radius 3 is 2.59 bits per heavy atom. The molecule has 1 aromatic carbocycles. The zero-order valence-corrected chi connectivity index (χ0v) is 16.5. The van der Waals surface area contributed by atoms with Crippen LogP contribution in [0, 0.1) is 11.8 Å². The lowest BCUT2D eigenvalue weighted by atomic mass is 9.79. The van der Waals surface area contributed by atoms with Crippen LogP contribution < -0.4 is 4.74 Å². The molecule has 2 aromatic rings. The molecule has 1 unspecified atom stereocenters. The van der Waals surface area contributed by atoms with Gasteiger partial charge in [-0.05, 0) is 68.3 Å². The van der Waals surface area contributed by atoms with Gasteiger partial charge in [-0.25, -0.2) is 4.68 Å². The maximum atomic E-state index is 9.80. The second kappa shape index (κ2) is 6.71. The van der Waals surface area contributed by atoms with E-state index in [1.807, 2.05) is 12.1 Å². The molecule has 0 spiro atoms. The van der Waals surface area contributed by atoms with Gasteiger partial charge >= 0.3 is 0 Å². The van der Waals surface area contributed by atoms with Crippen LogP contribution in [0.25, 0.3) is 11.1 Å². The number of aromatic nitrogens is 2. The molecular formula is C21H26ClN3O2. The molecule has 4 heterocycles. The van der Waals surface area contributed by atoms with Gasteiger partial charge in [-0.15, -0.1) is 0 Å². The van der Waals surface area contributed by atoms with E-state index in [2.05, 4.69) is 9.58 Å². The van der Waals surface area contributed by atoms with Gasteiger partial charge in [0, 0.05) is 19.0 Å². The van der Waals surface area contributed by atoms with Gasteiger partial charge in [0.2, 0.25) is 5.88 Å². The number of rotatable bonds is 5. The van der Waals surface area contributed by atoms with Crippen molar-refractivity contribution in [3.8, 4) is 22.8 Å². The Labute approximate surface area is 164 Å². The maximum absolute atomic E-state index is 9.80. The quantitative estimate of drug-likeness (QED) is 0.837. The topological polar surface area (TPSA) is 50.5 Å². The monoisotopic (exact) mass is 387 g/mol. The predicted molar refractivity (Wildman–Crippen MR) is 106 cm³/mol. The molecule has 1 aliphatic carbocycles. The Bertz CT molecular complexity index is 853. The normalized spacial score (nSPS) is 27.1. The van der Waals surface area contributed by atoms with Gasteiger partial charge in [0.15, 0.2) is 0 Å². The zero-order chi connectivity index (χ0) is 18.5. The first-order valence-corrected chi connectivity index (χ1v) is 10.4. The average molecular weight is 388 g/mol. The van der Waals surface area contributed by atoms with E-state index in [1.54, 1.807) is 13.2 Å². The van der Waals surface area contributed by atoms with Crippen LogP contribution in [0.2, 0.25) is 5.02 Å². The molecule has 2 bridgehead atoms. The fourth-order valence-corrected chi connectivity index (χ4v) is 5.07. The molecule has 1 atom stereocenters. The summed E-state index contributed by atoms with van der Waals surface area (Å²) in [6.07, 6.45) is 4.98. The van der Waals surface area contributed by atoms with Crippen molar-refractivity contribution in [3.63, 3.8) is 0 Å². The van der Waals surface area contributed by atoms with Crippen LogP contribution in [0.4, 0.5) is 0 Å². The van der Waals surface area contributed by atoms with E-state index < -0.39 is 0 Å². The molecule has 27 heavy (non-hydrogen) atoms. The predicted octanol–water partition coefficient (Wildman–Crippen LogP) is 4.14. The molecule has 0 amide bonds. The number of aromatic hydroxyl groups is 1. The largest absolute Gasteiger partial charge is 0.506 e. The standard InChI is InChI=1S/C21H26ClN3O2/c1-27-21-19(15-4-5-18(26)17(22)10-15)20(14-2-3-14)23-25(21)12-16-11-24-8-6-13(16)7-9-24/h4-5,10,13-14,16,26H,2-3,6-9,11-12H2,1H3. The van der Waals surface area contributed by atoms with E-state index in [4.69, 9.17) is 21.4 Å². The number of piperidine rings is 3. The highest BCUT2D eigenvalue weighted by atomic mass is 35.5. The van der Waals surface area contributed by atoms with Crippen molar-refractivity contribution in [1.29, 1.82) is 0 Å². The SMILES string of the molecule is COc1c(-c2ccc(O)c(Cl)c2)c(C2CC2)nn1CC1CN2CCC1CC2. The molecular weight excluding hydrogens is 362 g/mol. The number of hydrogen-bond donors (Lipinski definition) is 1. The Morgan fingerprint density at radius 1 is 1.22 bits per heavy atom. The van der Waals surface area contributed by atoms with Crippen LogP contribution in [-0.4, -0.2) is 46.5 Å². The summed E-state index contributed by atoms with van der Waals surface area (Å²) in [5.74, 6) is 2.89. The third-order valence-electron chi connectivity index (χ3n) is 6.53. The summed E-state index contributed by atoms with van der Waals surface area (Å²) in [6, 6.07) is 5.38. The highest BCUT2D eigenvalue weighted by Gasteiger charge is 2.37. The number of ether oxygens (including phenoxy) is 1. The minimum absolute atomic E-state index is 0.104. The van der Waals surface area contributed by atoms with E-state index in [9.17, 15) is 5.11 Å². The van der Waals surface area contributed by atoms with Gasteiger partial charge in [0.1, 0.15) is 5.75 Å². The number of hydrogen-bond acceptors (Lipinski definition) is 4. The summed E-state index contributed by atoms with van der Waals surface area (Å²) in [6.45, 7) is 4.59. The van der Waals surface area contributed by atoms with Crippen molar-refractivity contribution in [2.75, 3.05) is 26.7 Å². The van der Waals surface area contributed by atoms with Crippen molar-refractivity contribution in [3.05, 3.63) is 28.9 Å². The third-order valence-corrected chi connectivity index (χ3v) is 6.83. The number of phenolic OH excluding ortho intramolecular Hbond substituents is 1. The van der Waals surface area contributed by atoms with Gasteiger partial charge < -0.3 is 14.7 Å². The van der Waals surface area contributed by atoms with Crippen molar-refractivity contribution >= 4 is 11.6 Å². The summed E-state index contributed by atoms with van der Waals surface area (Å²) in [7, 11) is 1.73. The summed E-state index contributed by atoms with van der Waals surface area (Å²) < 4.78 is 7.96. The first-order chi connectivity index (χ1) is 13.1. The maximum Gasteiger partial charge on any atom is 0.219 e. The Kier molecular flexibility index (Phi) is 4.32. The highest BCUT2D eigenvalue weighted by molar-refractivity contribution is 6.32. The second-order valence-electron chi connectivity index (χ2n) is 8.29. The van der Waals surface area contributed by atoms with Crippen LogP contribution >= 0.6 is 11.6 Å². The fourth-order valence-electron chi connectivity index (χ4n) is 4.89. The van der Waals surface area contributed by atoms with E-state index in [-0.39, 0.29) is 5.75 Å². The van der Waals surface area contributed by atoms with Gasteiger partial charge in [0.25, 0.3) is 0 Å². The van der Waals surface area contributed by atoms with Crippen LogP contribution in [0.1, 0.15) is 37.3 Å². The summed E-state index contributed by atoms with van der Waals surface area (Å²) in [5, 5.41) is 15.2. The van der Waals surface area contributed by atoms with Gasteiger partial charge in [-0.3, -0.25) is 0 Å². The molecule has 3 saturated heterocycles. The van der Waals surface area contributed by atoms with Crippen LogP contribution in [0.15, 0.2) is 18.2 Å². The average Bonchev–Trinajstić information content (AvgIpc) is 3.47. The van der Waals surface area contributed by atoms with Crippen molar-refractivity contribution in [2.45, 2.75) is 38.1 Å². The summed E-state index contributed by atoms with van der Waals surface area (Å²) in [5.41, 5.74) is 3.13. The summed E-state index contributed by atoms with van der Waals surface area (Å²) >= 11 is 6.19. The van der Waals surface area contributed by atoms with Crippen LogP contribution in [0.3, 0.4) is 0 Å². The lowest BCUT2D eigenvalue weighted by Gasteiger charge is -2.44. The molecule has 144 valence electrons. The van der Waals surface area contributed by atoms with Gasteiger partial charge in [-0.1, -0.05) is 17.7 Å². The molecule has 3 aliphatic heterocycles. The Hall–Kier alpha value is -1.72. The van der Waals surface area contributed by atoms with Gasteiger partial charge in [0.05, 0.1) is 23.4 Å². The lowest BCUT2D eigenvalue weighted by Crippen LogP contribution is -2.48. The minimum Gasteiger partial charge on any atom is -0.506 e. The second-order valence-corrected chi connectivity index (χ2v) is 8.70. The molecule has 5 nitrogen and oxygen atoms in total. The molecule has 0 radical (unpaired) electrons. The number of benzene rings is 1. The van der Waals surface area contributed by atoms with E-state index in [1.165, 1.54) is 45.3 Å². The lowest BCUT2D eigenvalue weighted by molar-refractivity contribution is 0.0392. The van der Waals surface area contributed by atoms with E-state index in [0.29, 0.717) is 16.9 Å². The first-order valence-electron chi connectivity index (χ1n) is 10.00. The molecule has 1 aromatic heterocycles. The highest BCUT2D eigenvalue weighted by Crippen LogP contribution is 2.48. The smallest absolute Gasteiger partial charge is 0.219 e. The summed E-state index contributed by atoms with van der Waals surface area (Å²) in [4.78, 5) is 2.59. The number of halogens is 1. The first kappa shape index (κ1) is 17.4.